The largest absolute Gasteiger partial charge is 0.416 e. The number of nitrogens with one attached hydrogen (secondary N) is 1. The number of aromatic nitrogens is 3. The molecule has 2 fully saturated rings. The van der Waals surface area contributed by atoms with Crippen molar-refractivity contribution in [3.05, 3.63) is 36.0 Å². The molecule has 10 heteroatoms. The van der Waals surface area contributed by atoms with Gasteiger partial charge in [0.25, 0.3) is 0 Å². The number of alkyl halides is 3. The molecule has 0 radical (unpaired) electrons. The zero-order chi connectivity index (χ0) is 18.9. The lowest BCUT2D eigenvalue weighted by Crippen LogP contribution is -2.45. The van der Waals surface area contributed by atoms with E-state index in [1.807, 2.05) is 4.90 Å². The average molecular weight is 381 g/mol. The molecule has 144 valence electrons. The van der Waals surface area contributed by atoms with Crippen LogP contribution in [0.25, 0.3) is 0 Å². The first-order valence-electron chi connectivity index (χ1n) is 8.60. The maximum absolute atomic E-state index is 12.6. The highest BCUT2D eigenvalue weighted by Gasteiger charge is 2.40. The Bertz CT molecular complexity index is 784. The van der Waals surface area contributed by atoms with Crippen LogP contribution in [0.5, 0.6) is 0 Å². The van der Waals surface area contributed by atoms with Crippen LogP contribution in [0.4, 0.5) is 30.6 Å². The molecule has 2 saturated heterocycles. The van der Waals surface area contributed by atoms with Gasteiger partial charge in [0.2, 0.25) is 5.95 Å². The van der Waals surface area contributed by atoms with Crippen molar-refractivity contribution in [2.45, 2.75) is 24.8 Å². The average Bonchev–Trinajstić information content (AvgIpc) is 3.10. The minimum absolute atomic E-state index is 0.411. The number of hydrogen-bond donors (Lipinski definition) is 1. The van der Waals surface area contributed by atoms with Crippen LogP contribution in [0.1, 0.15) is 18.4 Å². The first-order chi connectivity index (χ1) is 12.9. The van der Waals surface area contributed by atoms with Crippen molar-refractivity contribution in [3.63, 3.8) is 0 Å². The summed E-state index contributed by atoms with van der Waals surface area (Å²) in [6.07, 6.45) is -1.50. The summed E-state index contributed by atoms with van der Waals surface area (Å²) in [5.41, 5.74) is -0.215. The van der Waals surface area contributed by atoms with Gasteiger partial charge in [0.05, 0.1) is 25.0 Å². The van der Waals surface area contributed by atoms with Gasteiger partial charge in [0.1, 0.15) is 0 Å². The summed E-state index contributed by atoms with van der Waals surface area (Å²) in [7, 11) is 0. The van der Waals surface area contributed by atoms with E-state index in [9.17, 15) is 13.2 Å². The van der Waals surface area contributed by atoms with Gasteiger partial charge in [-0.1, -0.05) is 0 Å². The van der Waals surface area contributed by atoms with E-state index in [0.29, 0.717) is 56.6 Å². The van der Waals surface area contributed by atoms with Crippen LogP contribution >= 0.6 is 0 Å². The van der Waals surface area contributed by atoms with Gasteiger partial charge in [-0.3, -0.25) is 0 Å². The third-order valence-corrected chi connectivity index (χ3v) is 4.65. The Labute approximate surface area is 153 Å². The predicted octanol–water partition coefficient (Wildman–Crippen LogP) is 2.98. The Kier molecular flexibility index (Phi) is 4.60. The third-order valence-electron chi connectivity index (χ3n) is 4.65. The molecule has 7 nitrogen and oxygen atoms in total. The van der Waals surface area contributed by atoms with Crippen molar-refractivity contribution in [2.75, 3.05) is 36.5 Å². The fourth-order valence-corrected chi connectivity index (χ4v) is 3.21. The predicted molar refractivity (Wildman–Crippen MR) is 90.6 cm³/mol. The maximum atomic E-state index is 12.6. The van der Waals surface area contributed by atoms with Gasteiger partial charge in [0.15, 0.2) is 11.6 Å². The van der Waals surface area contributed by atoms with E-state index < -0.39 is 17.5 Å². The number of ether oxygens (including phenoxy) is 2. The molecule has 0 atom stereocenters. The second kappa shape index (κ2) is 6.93. The number of hydrogen-bond acceptors (Lipinski definition) is 7. The van der Waals surface area contributed by atoms with E-state index in [1.165, 1.54) is 18.3 Å². The van der Waals surface area contributed by atoms with Gasteiger partial charge in [-0.2, -0.15) is 23.3 Å². The Hall–Kier alpha value is -2.46. The van der Waals surface area contributed by atoms with Crippen molar-refractivity contribution >= 4 is 17.5 Å². The number of piperidine rings is 1. The van der Waals surface area contributed by atoms with Crippen LogP contribution in [-0.2, 0) is 15.7 Å². The summed E-state index contributed by atoms with van der Waals surface area (Å²) in [5.74, 6) is 0.383. The molecule has 2 aliphatic heterocycles. The SMILES string of the molecule is FC(F)(F)c1ccc(Nc2cnnc(N3CCC4(CC3)OCCO4)n2)cc1. The molecule has 0 amide bonds. The molecule has 3 heterocycles. The fourth-order valence-electron chi connectivity index (χ4n) is 3.21. The lowest BCUT2D eigenvalue weighted by molar-refractivity contribution is -0.169. The third kappa shape index (κ3) is 3.96. The van der Waals surface area contributed by atoms with E-state index in [1.54, 1.807) is 0 Å². The molecule has 0 unspecified atom stereocenters. The minimum Gasteiger partial charge on any atom is -0.347 e. The molecule has 1 aromatic carbocycles. The van der Waals surface area contributed by atoms with Crippen molar-refractivity contribution in [3.8, 4) is 0 Å². The quantitative estimate of drug-likeness (QED) is 0.876. The Balaban J connectivity index is 1.42. The van der Waals surface area contributed by atoms with Gasteiger partial charge in [-0.05, 0) is 24.3 Å². The van der Waals surface area contributed by atoms with Crippen molar-refractivity contribution in [2.24, 2.45) is 0 Å². The first-order valence-corrected chi connectivity index (χ1v) is 8.60. The van der Waals surface area contributed by atoms with E-state index >= 15 is 0 Å². The molecule has 1 spiro atoms. The monoisotopic (exact) mass is 381 g/mol. The Morgan fingerprint density at radius 1 is 1.04 bits per heavy atom. The molecule has 2 aliphatic rings. The number of nitrogens with zero attached hydrogens (tertiary/aromatic N) is 4. The highest BCUT2D eigenvalue weighted by molar-refractivity contribution is 5.56. The van der Waals surface area contributed by atoms with Crippen LogP contribution in [0, 0.1) is 0 Å². The zero-order valence-electron chi connectivity index (χ0n) is 14.4. The topological polar surface area (TPSA) is 72.4 Å². The van der Waals surface area contributed by atoms with Crippen molar-refractivity contribution in [1.29, 1.82) is 0 Å². The summed E-state index contributed by atoms with van der Waals surface area (Å²) < 4.78 is 49.3. The van der Waals surface area contributed by atoms with Gasteiger partial charge < -0.3 is 19.7 Å². The number of benzene rings is 1. The van der Waals surface area contributed by atoms with Gasteiger partial charge in [-0.25, -0.2) is 0 Å². The maximum Gasteiger partial charge on any atom is 0.416 e. The molecular formula is C17H18F3N5O2. The molecule has 1 aromatic heterocycles. The van der Waals surface area contributed by atoms with Crippen LogP contribution in [0.2, 0.25) is 0 Å². The standard InChI is InChI=1S/C17H18F3N5O2/c18-17(19,20)12-1-3-13(4-2-12)22-14-11-21-24-15(23-14)25-7-5-16(6-8-25)26-9-10-27-16/h1-4,11H,5-10H2,(H,22,23,24). The molecule has 27 heavy (non-hydrogen) atoms. The summed E-state index contributed by atoms with van der Waals surface area (Å²) in [6, 6.07) is 4.74. The molecule has 2 aromatic rings. The second-order valence-corrected chi connectivity index (χ2v) is 6.44. The summed E-state index contributed by atoms with van der Waals surface area (Å²) in [6.45, 7) is 2.58. The highest BCUT2D eigenvalue weighted by Crippen LogP contribution is 2.33. The number of halogens is 3. The van der Waals surface area contributed by atoms with Crippen LogP contribution in [0.15, 0.2) is 30.5 Å². The molecule has 4 rings (SSSR count). The van der Waals surface area contributed by atoms with Crippen LogP contribution < -0.4 is 10.2 Å². The van der Waals surface area contributed by atoms with Gasteiger partial charge >= 0.3 is 6.18 Å². The normalized spacial score (nSPS) is 19.4. The lowest BCUT2D eigenvalue weighted by Gasteiger charge is -2.37. The van der Waals surface area contributed by atoms with Gasteiger partial charge in [0, 0.05) is 31.6 Å². The molecular weight excluding hydrogens is 363 g/mol. The van der Waals surface area contributed by atoms with Crippen LogP contribution in [0.3, 0.4) is 0 Å². The molecule has 0 saturated carbocycles. The first kappa shape index (κ1) is 17.9. The van der Waals surface area contributed by atoms with Crippen molar-refractivity contribution in [1.82, 2.24) is 15.2 Å². The van der Waals surface area contributed by atoms with E-state index in [-0.39, 0.29) is 0 Å². The summed E-state index contributed by atoms with van der Waals surface area (Å²) in [4.78, 5) is 6.40. The van der Waals surface area contributed by atoms with E-state index in [4.69, 9.17) is 9.47 Å². The highest BCUT2D eigenvalue weighted by atomic mass is 19.4. The fraction of sp³-hybridized carbons (Fsp3) is 0.471. The summed E-state index contributed by atoms with van der Waals surface area (Å²) in [5, 5.41) is 11.0. The van der Waals surface area contributed by atoms with Crippen LogP contribution in [-0.4, -0.2) is 47.3 Å². The molecule has 1 N–H and O–H groups in total. The Morgan fingerprint density at radius 2 is 1.70 bits per heavy atom. The van der Waals surface area contributed by atoms with Gasteiger partial charge in [-0.15, -0.1) is 5.10 Å². The van der Waals surface area contributed by atoms with E-state index in [2.05, 4.69) is 20.5 Å². The summed E-state index contributed by atoms with van der Waals surface area (Å²) >= 11 is 0. The number of anilines is 3. The van der Waals surface area contributed by atoms with Crippen molar-refractivity contribution < 1.29 is 22.6 Å². The van der Waals surface area contributed by atoms with E-state index in [0.717, 1.165) is 12.1 Å². The second-order valence-electron chi connectivity index (χ2n) is 6.44. The molecule has 0 aliphatic carbocycles. The zero-order valence-corrected chi connectivity index (χ0v) is 14.4. The Morgan fingerprint density at radius 3 is 2.33 bits per heavy atom. The molecule has 0 bridgehead atoms. The minimum atomic E-state index is -4.36. The lowest BCUT2D eigenvalue weighted by atomic mass is 10.0. The number of rotatable bonds is 3. The smallest absolute Gasteiger partial charge is 0.347 e.